The Kier molecular flexibility index (Phi) is 4.94. The second kappa shape index (κ2) is 7.19. The molecule has 0 saturated heterocycles. The van der Waals surface area contributed by atoms with Crippen molar-refractivity contribution in [1.82, 2.24) is 8.97 Å². The minimum atomic E-state index is -0.850. The van der Waals surface area contributed by atoms with E-state index >= 15 is 0 Å². The fourth-order valence-electron chi connectivity index (χ4n) is 2.90. The Morgan fingerprint density at radius 2 is 1.81 bits per heavy atom. The van der Waals surface area contributed by atoms with Crippen molar-refractivity contribution in [2.45, 2.75) is 26.8 Å². The maximum Gasteiger partial charge on any atom is 0.279 e. The summed E-state index contributed by atoms with van der Waals surface area (Å²) in [7, 11) is 0. The Labute approximate surface area is 154 Å². The maximum absolute atomic E-state index is 13.0. The fourth-order valence-corrected chi connectivity index (χ4v) is 2.90. The molecule has 0 radical (unpaired) electrons. The average Bonchev–Trinajstić information content (AvgIpc) is 2.61. The van der Waals surface area contributed by atoms with Crippen LogP contribution in [-0.2, 0) is 6.54 Å². The molecule has 0 fully saturated rings. The van der Waals surface area contributed by atoms with Crippen LogP contribution in [0.4, 0.5) is 4.39 Å². The number of rotatable bonds is 5. The van der Waals surface area contributed by atoms with E-state index in [1.165, 1.54) is 39.7 Å². The second-order valence-electron chi connectivity index (χ2n) is 6.86. The van der Waals surface area contributed by atoms with Gasteiger partial charge in [-0.1, -0.05) is 26.0 Å². The Bertz CT molecular complexity index is 1130. The standard InChI is InChI=1S/C20H19FN2O4/c1-12(2)9-16(24)15-11-22-7-8-23(10-13-3-5-14(21)6-4-13)20(27)17(22)19(26)18(15)25/h3-8,11-12,26H,9-10H2,1-2H3. The molecule has 0 spiro atoms. The van der Waals surface area contributed by atoms with Crippen molar-refractivity contribution in [3.63, 3.8) is 0 Å². The minimum absolute atomic E-state index is 0.0587. The average molecular weight is 370 g/mol. The second-order valence-corrected chi connectivity index (χ2v) is 6.86. The van der Waals surface area contributed by atoms with Gasteiger partial charge < -0.3 is 14.1 Å². The summed E-state index contributed by atoms with van der Waals surface area (Å²) in [6.07, 6.45) is 4.43. The molecule has 1 N–H and O–H groups in total. The lowest BCUT2D eigenvalue weighted by atomic mass is 10.0. The highest BCUT2D eigenvalue weighted by atomic mass is 19.1. The highest BCUT2D eigenvalue weighted by molar-refractivity contribution is 5.96. The van der Waals surface area contributed by atoms with Crippen LogP contribution in [0.5, 0.6) is 5.75 Å². The summed E-state index contributed by atoms with van der Waals surface area (Å²) < 4.78 is 15.6. The van der Waals surface area contributed by atoms with Gasteiger partial charge in [-0.2, -0.15) is 0 Å². The first-order chi connectivity index (χ1) is 12.8. The SMILES string of the molecule is CC(C)CC(=O)c1cn2ccn(Cc3ccc(F)cc3)c(=O)c2c(O)c1=O. The molecule has 3 rings (SSSR count). The molecule has 2 heterocycles. The molecule has 2 aromatic heterocycles. The van der Waals surface area contributed by atoms with E-state index in [0.717, 1.165) is 0 Å². The molecule has 27 heavy (non-hydrogen) atoms. The number of aromatic hydroxyl groups is 1. The normalized spacial score (nSPS) is 11.3. The number of halogens is 1. The van der Waals surface area contributed by atoms with E-state index in [4.69, 9.17) is 0 Å². The Morgan fingerprint density at radius 3 is 2.44 bits per heavy atom. The van der Waals surface area contributed by atoms with E-state index in [0.29, 0.717) is 5.56 Å². The molecule has 0 bridgehead atoms. The van der Waals surface area contributed by atoms with Gasteiger partial charge in [0.25, 0.3) is 5.56 Å². The van der Waals surface area contributed by atoms with Crippen LogP contribution in [0.25, 0.3) is 5.52 Å². The molecule has 0 saturated carbocycles. The van der Waals surface area contributed by atoms with Crippen LogP contribution in [0, 0.1) is 11.7 Å². The molecular formula is C20H19FN2O4. The number of aromatic nitrogens is 2. The van der Waals surface area contributed by atoms with Crippen molar-refractivity contribution >= 4 is 11.3 Å². The third kappa shape index (κ3) is 3.67. The van der Waals surface area contributed by atoms with Gasteiger partial charge in [0.1, 0.15) is 5.82 Å². The summed E-state index contributed by atoms with van der Waals surface area (Å²) in [6.45, 7) is 3.85. The number of Topliss-reactive ketones (excluding diaryl/α,β-unsaturated/α-hetero) is 1. The van der Waals surface area contributed by atoms with Crippen molar-refractivity contribution < 1.29 is 14.3 Å². The number of hydrogen-bond donors (Lipinski definition) is 1. The maximum atomic E-state index is 13.0. The lowest BCUT2D eigenvalue weighted by Gasteiger charge is -2.11. The predicted octanol–water partition coefficient (Wildman–Crippen LogP) is 2.58. The van der Waals surface area contributed by atoms with E-state index in [9.17, 15) is 23.9 Å². The zero-order valence-electron chi connectivity index (χ0n) is 15.0. The Morgan fingerprint density at radius 1 is 1.15 bits per heavy atom. The molecule has 1 aromatic carbocycles. The van der Waals surface area contributed by atoms with Crippen molar-refractivity contribution in [1.29, 1.82) is 0 Å². The van der Waals surface area contributed by atoms with E-state index in [1.807, 2.05) is 13.8 Å². The predicted molar refractivity (Wildman–Crippen MR) is 98.9 cm³/mol. The van der Waals surface area contributed by atoms with Crippen LogP contribution >= 0.6 is 0 Å². The number of nitrogens with zero attached hydrogens (tertiary/aromatic N) is 2. The van der Waals surface area contributed by atoms with Crippen LogP contribution in [-0.4, -0.2) is 19.9 Å². The number of fused-ring (bicyclic) bond motifs is 1. The van der Waals surface area contributed by atoms with E-state index in [2.05, 4.69) is 0 Å². The number of ketones is 1. The summed E-state index contributed by atoms with van der Waals surface area (Å²) in [6, 6.07) is 5.67. The highest BCUT2D eigenvalue weighted by Gasteiger charge is 2.19. The van der Waals surface area contributed by atoms with Crippen LogP contribution in [0.2, 0.25) is 0 Å². The number of carbonyl (C=O) groups is 1. The third-order valence-corrected chi connectivity index (χ3v) is 4.24. The van der Waals surface area contributed by atoms with Gasteiger partial charge >= 0.3 is 0 Å². The van der Waals surface area contributed by atoms with Crippen molar-refractivity contribution in [3.8, 4) is 5.75 Å². The van der Waals surface area contributed by atoms with Gasteiger partial charge in [-0.15, -0.1) is 0 Å². The summed E-state index contributed by atoms with van der Waals surface area (Å²) >= 11 is 0. The Balaban J connectivity index is 2.09. The number of hydrogen-bond acceptors (Lipinski definition) is 4. The van der Waals surface area contributed by atoms with Crippen molar-refractivity contribution in [3.05, 3.63) is 80.4 Å². The first-order valence-corrected chi connectivity index (χ1v) is 8.53. The van der Waals surface area contributed by atoms with Gasteiger partial charge in [-0.25, -0.2) is 4.39 Å². The van der Waals surface area contributed by atoms with Crippen LogP contribution < -0.4 is 11.0 Å². The van der Waals surface area contributed by atoms with Gasteiger partial charge in [0.15, 0.2) is 17.0 Å². The summed E-state index contributed by atoms with van der Waals surface area (Å²) in [5.41, 5.74) is -1.09. The van der Waals surface area contributed by atoms with Gasteiger partial charge in [0.2, 0.25) is 5.43 Å². The first-order valence-electron chi connectivity index (χ1n) is 8.53. The molecule has 3 aromatic rings. The van der Waals surface area contributed by atoms with Gasteiger partial charge in [0.05, 0.1) is 12.1 Å². The van der Waals surface area contributed by atoms with Gasteiger partial charge in [-0.05, 0) is 23.6 Å². The lowest BCUT2D eigenvalue weighted by molar-refractivity contribution is 0.0966. The molecule has 0 aliphatic rings. The molecule has 6 nitrogen and oxygen atoms in total. The third-order valence-electron chi connectivity index (χ3n) is 4.24. The molecule has 0 unspecified atom stereocenters. The quantitative estimate of drug-likeness (QED) is 0.700. The first kappa shape index (κ1) is 18.6. The zero-order valence-corrected chi connectivity index (χ0v) is 15.0. The molecular weight excluding hydrogens is 351 g/mol. The fraction of sp³-hybridized carbons (Fsp3) is 0.250. The molecule has 0 aliphatic carbocycles. The van der Waals surface area contributed by atoms with E-state index in [1.54, 1.807) is 12.1 Å². The molecule has 0 atom stereocenters. The topological polar surface area (TPSA) is 80.8 Å². The zero-order chi connectivity index (χ0) is 19.7. The van der Waals surface area contributed by atoms with Crippen molar-refractivity contribution in [2.75, 3.05) is 0 Å². The summed E-state index contributed by atoms with van der Waals surface area (Å²) in [5, 5.41) is 10.3. The Hall–Kier alpha value is -3.22. The van der Waals surface area contributed by atoms with Crippen LogP contribution in [0.15, 0.2) is 52.4 Å². The van der Waals surface area contributed by atoms with E-state index < -0.39 is 16.7 Å². The van der Waals surface area contributed by atoms with Crippen LogP contribution in [0.1, 0.15) is 36.2 Å². The number of carbonyl (C=O) groups excluding carboxylic acids is 1. The largest absolute Gasteiger partial charge is 0.503 e. The van der Waals surface area contributed by atoms with Crippen molar-refractivity contribution in [2.24, 2.45) is 5.92 Å². The monoisotopic (exact) mass is 370 g/mol. The smallest absolute Gasteiger partial charge is 0.279 e. The molecule has 7 heteroatoms. The lowest BCUT2D eigenvalue weighted by Crippen LogP contribution is -2.26. The van der Waals surface area contributed by atoms with Gasteiger partial charge in [0, 0.05) is 25.0 Å². The van der Waals surface area contributed by atoms with Crippen LogP contribution in [0.3, 0.4) is 0 Å². The molecule has 140 valence electrons. The van der Waals surface area contributed by atoms with Gasteiger partial charge in [-0.3, -0.25) is 14.4 Å². The summed E-state index contributed by atoms with van der Waals surface area (Å²) in [5.74, 6) is -1.45. The minimum Gasteiger partial charge on any atom is -0.503 e. The summed E-state index contributed by atoms with van der Waals surface area (Å²) in [4.78, 5) is 37.4. The highest BCUT2D eigenvalue weighted by Crippen LogP contribution is 2.14. The number of benzene rings is 1. The van der Waals surface area contributed by atoms with E-state index in [-0.39, 0.29) is 41.6 Å². The number of pyridine rings is 1. The molecule has 0 amide bonds. The molecule has 0 aliphatic heterocycles.